The molecule has 3 heteroatoms. The molecule has 0 bridgehead atoms. The maximum atomic E-state index is 3.77. The summed E-state index contributed by atoms with van der Waals surface area (Å²) >= 11 is 3.77. The molecule has 0 spiro atoms. The normalized spacial score (nSPS) is 11.7. The zero-order valence-electron chi connectivity index (χ0n) is 21.3. The molecule has 1 aromatic heterocycles. The monoisotopic (exact) mass is 579 g/mol. The quantitative estimate of drug-likeness (QED) is 0.154. The van der Waals surface area contributed by atoms with Gasteiger partial charge >= 0.3 is 0 Å². The molecular formula is C36H26BrNSi. The van der Waals surface area contributed by atoms with E-state index in [1.54, 1.807) is 0 Å². The Balaban J connectivity index is 1.50. The van der Waals surface area contributed by atoms with Crippen LogP contribution in [0.25, 0.3) is 27.5 Å². The Labute approximate surface area is 238 Å². The summed E-state index contributed by atoms with van der Waals surface area (Å²) in [5, 5.41) is 8.03. The van der Waals surface area contributed by atoms with Gasteiger partial charge in [-0.1, -0.05) is 137 Å². The fourth-order valence-corrected chi connectivity index (χ4v) is 11.5. The van der Waals surface area contributed by atoms with Crippen molar-refractivity contribution in [2.45, 2.75) is 0 Å². The Hall–Kier alpha value is -4.18. The van der Waals surface area contributed by atoms with Gasteiger partial charge in [0.1, 0.15) is 0 Å². The van der Waals surface area contributed by atoms with E-state index in [1.165, 1.54) is 48.2 Å². The van der Waals surface area contributed by atoms with E-state index >= 15 is 0 Å². The second kappa shape index (κ2) is 9.85. The lowest BCUT2D eigenvalue weighted by molar-refractivity contribution is 1.18. The fourth-order valence-electron chi connectivity index (χ4n) is 6.16. The molecule has 7 rings (SSSR count). The summed E-state index contributed by atoms with van der Waals surface area (Å²) in [6.45, 7) is 0. The van der Waals surface area contributed by atoms with Crippen LogP contribution in [0.4, 0.5) is 0 Å². The van der Waals surface area contributed by atoms with Crippen LogP contribution in [0.2, 0.25) is 0 Å². The van der Waals surface area contributed by atoms with Gasteiger partial charge in [0.25, 0.3) is 0 Å². The average molecular weight is 581 g/mol. The Kier molecular flexibility index (Phi) is 6.03. The maximum Gasteiger partial charge on any atom is 0.179 e. The average Bonchev–Trinajstić information content (AvgIpc) is 3.34. The topological polar surface area (TPSA) is 4.93 Å². The second-order valence-corrected chi connectivity index (χ2v) is 14.6. The van der Waals surface area contributed by atoms with Crippen molar-refractivity contribution < 1.29 is 0 Å². The second-order valence-electron chi connectivity index (χ2n) is 9.91. The minimum atomic E-state index is -2.59. The molecule has 6 aromatic carbocycles. The van der Waals surface area contributed by atoms with Crippen molar-refractivity contribution in [3.8, 4) is 5.69 Å². The zero-order chi connectivity index (χ0) is 26.2. The first kappa shape index (κ1) is 23.9. The van der Waals surface area contributed by atoms with E-state index in [1.807, 2.05) is 0 Å². The number of nitrogens with zero attached hydrogens (tertiary/aromatic N) is 1. The lowest BCUT2D eigenvalue weighted by atomic mass is 10.2. The van der Waals surface area contributed by atoms with Crippen molar-refractivity contribution in [3.63, 3.8) is 0 Å². The van der Waals surface area contributed by atoms with Crippen LogP contribution in [0.15, 0.2) is 162 Å². The van der Waals surface area contributed by atoms with Crippen molar-refractivity contribution in [2.24, 2.45) is 0 Å². The first-order valence-corrected chi connectivity index (χ1v) is 16.0. The molecule has 1 nitrogen and oxygen atoms in total. The third kappa shape index (κ3) is 3.89. The molecule has 0 saturated carbocycles. The molecule has 0 aliphatic heterocycles. The maximum absolute atomic E-state index is 3.77. The Morgan fingerprint density at radius 3 is 1.41 bits per heavy atom. The molecule has 0 N–H and O–H groups in total. The van der Waals surface area contributed by atoms with Gasteiger partial charge in [-0.2, -0.15) is 0 Å². The molecule has 39 heavy (non-hydrogen) atoms. The Bertz CT molecular complexity index is 1820. The molecule has 0 amide bonds. The molecule has 0 fully saturated rings. The smallest absolute Gasteiger partial charge is 0.179 e. The van der Waals surface area contributed by atoms with E-state index in [0.717, 1.165) is 4.47 Å². The third-order valence-electron chi connectivity index (χ3n) is 7.81. The highest BCUT2D eigenvalue weighted by atomic mass is 79.9. The summed E-state index contributed by atoms with van der Waals surface area (Å²) in [6.07, 6.45) is 0. The van der Waals surface area contributed by atoms with Gasteiger partial charge in [0.15, 0.2) is 8.07 Å². The molecule has 0 unspecified atom stereocenters. The highest BCUT2D eigenvalue weighted by Crippen LogP contribution is 2.31. The molecule has 0 atom stereocenters. The minimum Gasteiger partial charge on any atom is -0.309 e. The first-order valence-electron chi connectivity index (χ1n) is 13.2. The van der Waals surface area contributed by atoms with Gasteiger partial charge in [-0.15, -0.1) is 0 Å². The van der Waals surface area contributed by atoms with Crippen LogP contribution in [-0.4, -0.2) is 12.6 Å². The van der Waals surface area contributed by atoms with Crippen LogP contribution in [0.3, 0.4) is 0 Å². The summed E-state index contributed by atoms with van der Waals surface area (Å²) in [5.74, 6) is 0. The molecule has 186 valence electrons. The van der Waals surface area contributed by atoms with E-state index < -0.39 is 8.07 Å². The molecule has 1 heterocycles. The first-order chi connectivity index (χ1) is 19.3. The van der Waals surface area contributed by atoms with E-state index in [2.05, 4.69) is 178 Å². The number of aromatic nitrogens is 1. The van der Waals surface area contributed by atoms with Crippen molar-refractivity contribution in [2.75, 3.05) is 0 Å². The number of rotatable bonds is 5. The Morgan fingerprint density at radius 2 is 0.872 bits per heavy atom. The van der Waals surface area contributed by atoms with Gasteiger partial charge in [-0.25, -0.2) is 0 Å². The summed E-state index contributed by atoms with van der Waals surface area (Å²) in [5.41, 5.74) is 3.63. The van der Waals surface area contributed by atoms with Crippen molar-refractivity contribution in [1.29, 1.82) is 0 Å². The number of halogens is 1. The van der Waals surface area contributed by atoms with E-state index in [0.29, 0.717) is 0 Å². The number of fused-ring (bicyclic) bond motifs is 3. The van der Waals surface area contributed by atoms with E-state index in [-0.39, 0.29) is 0 Å². The van der Waals surface area contributed by atoms with Crippen molar-refractivity contribution in [1.82, 2.24) is 4.57 Å². The molecular weight excluding hydrogens is 554 g/mol. The van der Waals surface area contributed by atoms with Crippen LogP contribution in [-0.2, 0) is 0 Å². The summed E-state index contributed by atoms with van der Waals surface area (Å²) in [4.78, 5) is 0. The van der Waals surface area contributed by atoms with Crippen LogP contribution < -0.4 is 20.7 Å². The summed E-state index contributed by atoms with van der Waals surface area (Å²) < 4.78 is 3.49. The van der Waals surface area contributed by atoms with Gasteiger partial charge in [0, 0.05) is 20.9 Å². The van der Waals surface area contributed by atoms with Crippen molar-refractivity contribution in [3.05, 3.63) is 162 Å². The lowest BCUT2D eigenvalue weighted by Gasteiger charge is -2.34. The molecule has 7 aromatic rings. The third-order valence-corrected chi connectivity index (χ3v) is 13.1. The van der Waals surface area contributed by atoms with Crippen LogP contribution in [0, 0.1) is 0 Å². The van der Waals surface area contributed by atoms with Gasteiger partial charge in [0.2, 0.25) is 0 Å². The van der Waals surface area contributed by atoms with Crippen LogP contribution in [0.5, 0.6) is 0 Å². The molecule has 0 saturated heterocycles. The predicted molar refractivity (Wildman–Crippen MR) is 172 cm³/mol. The van der Waals surface area contributed by atoms with Crippen LogP contribution >= 0.6 is 15.9 Å². The standard InChI is InChI=1S/C36H26BrNSi/c37-27-12-11-17-32(26-27)39(29-13-3-1-4-14-29,30-15-5-2-6-16-30)31-24-22-28(23-25-31)38-35-20-9-7-18-33(35)34-19-8-10-21-36(34)38/h1-26H. The number of para-hydroxylation sites is 2. The largest absolute Gasteiger partial charge is 0.309 e. The van der Waals surface area contributed by atoms with Gasteiger partial charge in [-0.05, 0) is 57.1 Å². The highest BCUT2D eigenvalue weighted by Gasteiger charge is 2.41. The lowest BCUT2D eigenvalue weighted by Crippen LogP contribution is -2.74. The predicted octanol–water partition coefficient (Wildman–Crippen LogP) is 6.92. The fraction of sp³-hybridized carbons (Fsp3) is 0. The molecule has 0 radical (unpaired) electrons. The van der Waals surface area contributed by atoms with Crippen LogP contribution in [0.1, 0.15) is 0 Å². The summed E-state index contributed by atoms with van der Waals surface area (Å²) in [7, 11) is -2.59. The Morgan fingerprint density at radius 1 is 0.410 bits per heavy atom. The highest BCUT2D eigenvalue weighted by molar-refractivity contribution is 9.10. The minimum absolute atomic E-state index is 1.10. The molecule has 0 aliphatic rings. The number of hydrogen-bond donors (Lipinski definition) is 0. The van der Waals surface area contributed by atoms with Gasteiger partial charge in [-0.3, -0.25) is 0 Å². The SMILES string of the molecule is Brc1cccc([Si](c2ccccc2)(c2ccccc2)c2ccc(-n3c4ccccc4c4ccccc43)cc2)c1. The zero-order valence-corrected chi connectivity index (χ0v) is 23.9. The van der Waals surface area contributed by atoms with E-state index in [9.17, 15) is 0 Å². The van der Waals surface area contributed by atoms with Crippen molar-refractivity contribution >= 4 is 66.6 Å². The van der Waals surface area contributed by atoms with E-state index in [4.69, 9.17) is 0 Å². The number of hydrogen-bond acceptors (Lipinski definition) is 0. The van der Waals surface area contributed by atoms with Gasteiger partial charge < -0.3 is 4.57 Å². The van der Waals surface area contributed by atoms with Gasteiger partial charge in [0.05, 0.1) is 11.0 Å². The number of benzene rings is 6. The molecule has 0 aliphatic carbocycles. The summed E-state index contributed by atoms with van der Waals surface area (Å²) in [6, 6.07) is 57.8.